The number of para-hydroxylation sites is 1. The SMILES string of the molecule is c1ccc(-c2cccc(-c3cccc(-c4cccc(-c5ccc6oc7ccccc7c6c5)c4)c3)c2)cc1. The quantitative estimate of drug-likeness (QED) is 0.248. The van der Waals surface area contributed by atoms with Gasteiger partial charge in [0.2, 0.25) is 0 Å². The van der Waals surface area contributed by atoms with E-state index in [1.807, 2.05) is 12.1 Å². The second-order valence-corrected chi connectivity index (χ2v) is 9.42. The molecule has 0 amide bonds. The molecule has 1 heteroatoms. The van der Waals surface area contributed by atoms with E-state index in [1.54, 1.807) is 0 Å². The Kier molecular flexibility index (Phi) is 5.19. The average Bonchev–Trinajstić information content (AvgIpc) is 3.36. The van der Waals surface area contributed by atoms with E-state index >= 15 is 0 Å². The molecule has 0 unspecified atom stereocenters. The highest BCUT2D eigenvalue weighted by Gasteiger charge is 2.09. The summed E-state index contributed by atoms with van der Waals surface area (Å²) >= 11 is 0. The summed E-state index contributed by atoms with van der Waals surface area (Å²) in [6.07, 6.45) is 0. The number of hydrogen-bond acceptors (Lipinski definition) is 1. The van der Waals surface area contributed by atoms with Crippen molar-refractivity contribution in [1.82, 2.24) is 0 Å². The summed E-state index contributed by atoms with van der Waals surface area (Å²) in [4.78, 5) is 0. The largest absolute Gasteiger partial charge is 0.456 e. The van der Waals surface area contributed by atoms with Gasteiger partial charge in [0, 0.05) is 10.8 Å². The molecule has 0 bridgehead atoms. The highest BCUT2D eigenvalue weighted by Crippen LogP contribution is 2.35. The molecule has 1 aromatic heterocycles. The molecule has 0 radical (unpaired) electrons. The van der Waals surface area contributed by atoms with Crippen LogP contribution in [0.2, 0.25) is 0 Å². The normalized spacial score (nSPS) is 11.2. The molecule has 174 valence electrons. The molecule has 0 N–H and O–H groups in total. The highest BCUT2D eigenvalue weighted by atomic mass is 16.3. The Balaban J connectivity index is 1.26. The van der Waals surface area contributed by atoms with E-state index in [4.69, 9.17) is 4.42 Å². The van der Waals surface area contributed by atoms with Gasteiger partial charge in [-0.05, 0) is 80.9 Å². The van der Waals surface area contributed by atoms with Crippen LogP contribution in [0.4, 0.5) is 0 Å². The molecule has 0 atom stereocenters. The lowest BCUT2D eigenvalue weighted by molar-refractivity contribution is 0.669. The number of furan rings is 1. The van der Waals surface area contributed by atoms with Gasteiger partial charge in [-0.25, -0.2) is 0 Å². The number of rotatable bonds is 4. The van der Waals surface area contributed by atoms with Crippen LogP contribution in [0, 0.1) is 0 Å². The zero-order valence-corrected chi connectivity index (χ0v) is 20.3. The van der Waals surface area contributed by atoms with E-state index in [-0.39, 0.29) is 0 Å². The minimum Gasteiger partial charge on any atom is -0.456 e. The number of hydrogen-bond donors (Lipinski definition) is 0. The summed E-state index contributed by atoms with van der Waals surface area (Å²) in [5, 5.41) is 2.31. The van der Waals surface area contributed by atoms with Gasteiger partial charge in [-0.15, -0.1) is 0 Å². The van der Waals surface area contributed by atoms with Crippen molar-refractivity contribution in [2.45, 2.75) is 0 Å². The Morgan fingerprint density at radius 2 is 0.703 bits per heavy atom. The van der Waals surface area contributed by atoms with Gasteiger partial charge in [-0.1, -0.05) is 109 Å². The number of fused-ring (bicyclic) bond motifs is 3. The van der Waals surface area contributed by atoms with E-state index in [9.17, 15) is 0 Å². The van der Waals surface area contributed by atoms with Gasteiger partial charge in [-0.3, -0.25) is 0 Å². The standard InChI is InChI=1S/C36H24O/c1-2-9-25(10-3-1)26-11-6-12-27(21-26)28-13-7-14-29(22-28)30-15-8-16-31(23-30)32-19-20-36-34(24-32)33-17-4-5-18-35(33)37-36/h1-24H. The third-order valence-electron chi connectivity index (χ3n) is 7.07. The second kappa shape index (κ2) is 8.96. The fraction of sp³-hybridized carbons (Fsp3) is 0. The molecule has 1 heterocycles. The second-order valence-electron chi connectivity index (χ2n) is 9.42. The maximum atomic E-state index is 6.03. The maximum Gasteiger partial charge on any atom is 0.135 e. The minimum atomic E-state index is 0.923. The lowest BCUT2D eigenvalue weighted by Gasteiger charge is -2.10. The topological polar surface area (TPSA) is 13.1 Å². The Labute approximate surface area is 216 Å². The molecule has 0 fully saturated rings. The van der Waals surface area contributed by atoms with Gasteiger partial charge in [0.15, 0.2) is 0 Å². The first kappa shape index (κ1) is 21.4. The van der Waals surface area contributed by atoms with Crippen LogP contribution in [0.5, 0.6) is 0 Å². The molecule has 7 rings (SSSR count). The summed E-state index contributed by atoms with van der Waals surface area (Å²) in [6.45, 7) is 0. The lowest BCUT2D eigenvalue weighted by Crippen LogP contribution is -1.84. The molecule has 0 spiro atoms. The van der Waals surface area contributed by atoms with E-state index in [0.717, 1.165) is 21.9 Å². The van der Waals surface area contributed by atoms with Gasteiger partial charge >= 0.3 is 0 Å². The molecule has 0 aliphatic rings. The molecule has 0 aliphatic carbocycles. The first-order valence-electron chi connectivity index (χ1n) is 12.6. The molecule has 0 saturated carbocycles. The summed E-state index contributed by atoms with van der Waals surface area (Å²) < 4.78 is 6.03. The molecular formula is C36H24O. The van der Waals surface area contributed by atoms with Gasteiger partial charge in [0.05, 0.1) is 0 Å². The third-order valence-corrected chi connectivity index (χ3v) is 7.07. The zero-order chi connectivity index (χ0) is 24.6. The highest BCUT2D eigenvalue weighted by molar-refractivity contribution is 6.06. The van der Waals surface area contributed by atoms with Crippen LogP contribution in [-0.2, 0) is 0 Å². The van der Waals surface area contributed by atoms with Crippen molar-refractivity contribution >= 4 is 21.9 Å². The van der Waals surface area contributed by atoms with Gasteiger partial charge in [-0.2, -0.15) is 0 Å². The van der Waals surface area contributed by atoms with E-state index in [2.05, 4.69) is 133 Å². The predicted molar refractivity (Wildman–Crippen MR) is 155 cm³/mol. The Hall–Kier alpha value is -4.88. The molecule has 0 saturated heterocycles. The van der Waals surface area contributed by atoms with Crippen LogP contribution in [0.25, 0.3) is 66.4 Å². The molecule has 6 aromatic carbocycles. The molecular weight excluding hydrogens is 448 g/mol. The maximum absolute atomic E-state index is 6.03. The van der Waals surface area contributed by atoms with Crippen LogP contribution >= 0.6 is 0 Å². The minimum absolute atomic E-state index is 0.923. The fourth-order valence-corrected chi connectivity index (χ4v) is 5.17. The van der Waals surface area contributed by atoms with Crippen molar-refractivity contribution in [3.63, 3.8) is 0 Å². The lowest BCUT2D eigenvalue weighted by atomic mass is 9.94. The first-order chi connectivity index (χ1) is 18.3. The van der Waals surface area contributed by atoms with E-state index in [1.165, 1.54) is 44.5 Å². The fourth-order valence-electron chi connectivity index (χ4n) is 5.17. The van der Waals surface area contributed by atoms with Crippen molar-refractivity contribution in [3.8, 4) is 44.5 Å². The van der Waals surface area contributed by atoms with E-state index < -0.39 is 0 Å². The van der Waals surface area contributed by atoms with Crippen molar-refractivity contribution in [2.75, 3.05) is 0 Å². The summed E-state index contributed by atoms with van der Waals surface area (Å²) in [5.74, 6) is 0. The Morgan fingerprint density at radius 3 is 1.30 bits per heavy atom. The van der Waals surface area contributed by atoms with Gasteiger partial charge in [0.1, 0.15) is 11.2 Å². The zero-order valence-electron chi connectivity index (χ0n) is 20.3. The summed E-state index contributed by atoms with van der Waals surface area (Å²) in [7, 11) is 0. The van der Waals surface area contributed by atoms with Gasteiger partial charge in [0.25, 0.3) is 0 Å². The monoisotopic (exact) mass is 472 g/mol. The van der Waals surface area contributed by atoms with Crippen molar-refractivity contribution in [2.24, 2.45) is 0 Å². The van der Waals surface area contributed by atoms with Crippen molar-refractivity contribution in [1.29, 1.82) is 0 Å². The Morgan fingerprint density at radius 1 is 0.270 bits per heavy atom. The molecule has 0 aliphatic heterocycles. The first-order valence-corrected chi connectivity index (χ1v) is 12.6. The average molecular weight is 473 g/mol. The van der Waals surface area contributed by atoms with E-state index in [0.29, 0.717) is 0 Å². The predicted octanol–water partition coefficient (Wildman–Crippen LogP) is 10.3. The third kappa shape index (κ3) is 4.01. The smallest absolute Gasteiger partial charge is 0.135 e. The van der Waals surface area contributed by atoms with Gasteiger partial charge < -0.3 is 4.42 Å². The van der Waals surface area contributed by atoms with Crippen molar-refractivity contribution < 1.29 is 4.42 Å². The van der Waals surface area contributed by atoms with Crippen LogP contribution in [-0.4, -0.2) is 0 Å². The van der Waals surface area contributed by atoms with Crippen molar-refractivity contribution in [3.05, 3.63) is 146 Å². The molecule has 7 aromatic rings. The molecule has 37 heavy (non-hydrogen) atoms. The van der Waals surface area contributed by atoms with Crippen LogP contribution < -0.4 is 0 Å². The van der Waals surface area contributed by atoms with Crippen LogP contribution in [0.3, 0.4) is 0 Å². The number of benzene rings is 6. The molecule has 1 nitrogen and oxygen atoms in total. The van der Waals surface area contributed by atoms with Crippen LogP contribution in [0.15, 0.2) is 150 Å². The Bertz CT molecular complexity index is 1870. The summed E-state index contributed by atoms with van der Waals surface area (Å²) in [6, 6.07) is 51.6. The summed E-state index contributed by atoms with van der Waals surface area (Å²) in [5.41, 5.74) is 11.5. The van der Waals surface area contributed by atoms with Crippen LogP contribution in [0.1, 0.15) is 0 Å².